The van der Waals surface area contributed by atoms with Gasteiger partial charge in [-0.25, -0.2) is 0 Å². The van der Waals surface area contributed by atoms with Crippen LogP contribution in [0, 0.1) is 5.92 Å². The summed E-state index contributed by atoms with van der Waals surface area (Å²) in [6, 6.07) is 0.574. The molecule has 1 heterocycles. The van der Waals surface area contributed by atoms with E-state index in [1.807, 2.05) is 33.9 Å². The highest BCUT2D eigenvalue weighted by Crippen LogP contribution is 2.15. The lowest BCUT2D eigenvalue weighted by Crippen LogP contribution is -2.33. The molecule has 0 radical (unpaired) electrons. The fourth-order valence-electron chi connectivity index (χ4n) is 1.26. The maximum Gasteiger partial charge on any atom is 0.0518 e. The molecule has 3 heteroatoms. The molecule has 1 aliphatic heterocycles. The third kappa shape index (κ3) is 6.83. The molecule has 0 aliphatic carbocycles. The first-order chi connectivity index (χ1) is 7.61. The first-order valence-corrected chi connectivity index (χ1v) is 6.56. The van der Waals surface area contributed by atoms with Crippen molar-refractivity contribution in [1.82, 2.24) is 9.91 Å². The Hall–Kier alpha value is -0.570. The summed E-state index contributed by atoms with van der Waals surface area (Å²) in [6.45, 7) is 14.6. The second kappa shape index (κ2) is 10.9. The van der Waals surface area contributed by atoms with Crippen LogP contribution in [0.25, 0.3) is 0 Å². The zero-order valence-corrected chi connectivity index (χ0v) is 12.5. The zero-order valence-electron chi connectivity index (χ0n) is 12.5. The van der Waals surface area contributed by atoms with Crippen molar-refractivity contribution < 1.29 is 0 Å². The summed E-state index contributed by atoms with van der Waals surface area (Å²) >= 11 is 0. The Labute approximate surface area is 103 Å². The SMILES string of the molecule is CC.CC.CC1C=NN(CCN(C)C)C1C. The molecule has 0 aromatic heterocycles. The molecule has 0 N–H and O–H groups in total. The van der Waals surface area contributed by atoms with Crippen molar-refractivity contribution in [1.29, 1.82) is 0 Å². The molecule has 0 amide bonds. The van der Waals surface area contributed by atoms with Gasteiger partial charge in [0.15, 0.2) is 0 Å². The zero-order chi connectivity index (χ0) is 13.1. The lowest BCUT2D eigenvalue weighted by molar-refractivity contribution is 0.199. The van der Waals surface area contributed by atoms with Gasteiger partial charge in [0, 0.05) is 25.2 Å². The minimum Gasteiger partial charge on any atom is -0.308 e. The predicted octanol–water partition coefficient (Wildman–Crippen LogP) is 2.93. The minimum absolute atomic E-state index is 0.574. The first kappa shape index (κ1) is 17.8. The highest BCUT2D eigenvalue weighted by Gasteiger charge is 2.22. The Kier molecular flexibility index (Phi) is 12.2. The fourth-order valence-corrected chi connectivity index (χ4v) is 1.26. The molecule has 0 saturated heterocycles. The molecular weight excluding hydrogens is 198 g/mol. The van der Waals surface area contributed by atoms with E-state index in [0.29, 0.717) is 12.0 Å². The van der Waals surface area contributed by atoms with Gasteiger partial charge in [-0.05, 0) is 21.0 Å². The number of hydrazone groups is 1. The summed E-state index contributed by atoms with van der Waals surface area (Å²) in [7, 11) is 4.18. The largest absolute Gasteiger partial charge is 0.308 e. The van der Waals surface area contributed by atoms with Gasteiger partial charge in [0.1, 0.15) is 0 Å². The van der Waals surface area contributed by atoms with Crippen LogP contribution in [-0.4, -0.2) is 49.4 Å². The van der Waals surface area contributed by atoms with Gasteiger partial charge in [-0.3, -0.25) is 5.01 Å². The quantitative estimate of drug-likeness (QED) is 0.741. The molecule has 3 nitrogen and oxygen atoms in total. The number of rotatable bonds is 3. The standard InChI is InChI=1S/C9H19N3.2C2H6/c1-8-7-10-12(9(8)2)6-5-11(3)4;2*1-2/h7-9H,5-6H2,1-4H3;2*1-2H3. The van der Waals surface area contributed by atoms with E-state index in [1.54, 1.807) is 0 Å². The second-order valence-electron chi connectivity index (χ2n) is 3.83. The van der Waals surface area contributed by atoms with Crippen LogP contribution in [-0.2, 0) is 0 Å². The third-order valence-electron chi connectivity index (χ3n) is 2.46. The average molecular weight is 229 g/mol. The molecule has 1 aliphatic rings. The summed E-state index contributed by atoms with van der Waals surface area (Å²) < 4.78 is 0. The molecular formula is C13H31N3. The molecule has 0 bridgehead atoms. The van der Waals surface area contributed by atoms with Crippen LogP contribution in [0.3, 0.4) is 0 Å². The third-order valence-corrected chi connectivity index (χ3v) is 2.46. The lowest BCUT2D eigenvalue weighted by atomic mass is 10.1. The van der Waals surface area contributed by atoms with Gasteiger partial charge in [0.25, 0.3) is 0 Å². The second-order valence-corrected chi connectivity index (χ2v) is 3.83. The maximum absolute atomic E-state index is 4.35. The van der Waals surface area contributed by atoms with E-state index in [0.717, 1.165) is 13.1 Å². The van der Waals surface area contributed by atoms with Crippen molar-refractivity contribution in [3.63, 3.8) is 0 Å². The van der Waals surface area contributed by atoms with E-state index in [4.69, 9.17) is 0 Å². The molecule has 98 valence electrons. The molecule has 0 spiro atoms. The van der Waals surface area contributed by atoms with Crippen molar-refractivity contribution in [2.45, 2.75) is 47.6 Å². The van der Waals surface area contributed by atoms with Gasteiger partial charge in [0.2, 0.25) is 0 Å². The van der Waals surface area contributed by atoms with Gasteiger partial charge in [-0.2, -0.15) is 5.10 Å². The van der Waals surface area contributed by atoms with Crippen LogP contribution in [0.2, 0.25) is 0 Å². The Morgan fingerprint density at radius 1 is 1.12 bits per heavy atom. The minimum atomic E-state index is 0.574. The fraction of sp³-hybridized carbons (Fsp3) is 0.923. The number of hydrogen-bond acceptors (Lipinski definition) is 3. The maximum atomic E-state index is 4.35. The summed E-state index contributed by atoms with van der Waals surface area (Å²) in [4.78, 5) is 2.19. The van der Waals surface area contributed by atoms with E-state index in [9.17, 15) is 0 Å². The highest BCUT2D eigenvalue weighted by molar-refractivity contribution is 5.62. The van der Waals surface area contributed by atoms with Crippen molar-refractivity contribution in [3.8, 4) is 0 Å². The van der Waals surface area contributed by atoms with Crippen molar-refractivity contribution >= 4 is 6.21 Å². The average Bonchev–Trinajstić information content (AvgIpc) is 2.63. The number of likely N-dealkylation sites (N-methyl/N-ethyl adjacent to an activating group) is 1. The Morgan fingerprint density at radius 2 is 1.62 bits per heavy atom. The van der Waals surface area contributed by atoms with Crippen LogP contribution >= 0.6 is 0 Å². The van der Waals surface area contributed by atoms with Crippen LogP contribution in [0.1, 0.15) is 41.5 Å². The summed E-state index contributed by atoms with van der Waals surface area (Å²) in [5.41, 5.74) is 0. The van der Waals surface area contributed by atoms with Gasteiger partial charge < -0.3 is 4.90 Å². The molecule has 0 fully saturated rings. The van der Waals surface area contributed by atoms with E-state index in [2.05, 4.69) is 43.0 Å². The summed E-state index contributed by atoms with van der Waals surface area (Å²) in [5.74, 6) is 0.604. The topological polar surface area (TPSA) is 18.8 Å². The molecule has 0 aromatic carbocycles. The highest BCUT2D eigenvalue weighted by atomic mass is 15.5. The van der Waals surface area contributed by atoms with Crippen LogP contribution in [0.5, 0.6) is 0 Å². The monoisotopic (exact) mass is 229 g/mol. The Bertz CT molecular complexity index is 167. The van der Waals surface area contributed by atoms with Crippen molar-refractivity contribution in [3.05, 3.63) is 0 Å². The smallest absolute Gasteiger partial charge is 0.0518 e. The summed E-state index contributed by atoms with van der Waals surface area (Å²) in [5, 5.41) is 6.52. The molecule has 1 rings (SSSR count). The first-order valence-electron chi connectivity index (χ1n) is 6.56. The van der Waals surface area contributed by atoms with E-state index >= 15 is 0 Å². The number of nitrogens with zero attached hydrogens (tertiary/aromatic N) is 3. The van der Waals surface area contributed by atoms with E-state index in [-0.39, 0.29) is 0 Å². The van der Waals surface area contributed by atoms with Gasteiger partial charge in [0.05, 0.1) is 6.04 Å². The van der Waals surface area contributed by atoms with Gasteiger partial charge in [-0.1, -0.05) is 34.6 Å². The Morgan fingerprint density at radius 3 is 1.94 bits per heavy atom. The van der Waals surface area contributed by atoms with Gasteiger partial charge in [-0.15, -0.1) is 0 Å². The summed E-state index contributed by atoms with van der Waals surface area (Å²) in [6.07, 6.45) is 2.04. The van der Waals surface area contributed by atoms with Crippen LogP contribution in [0.15, 0.2) is 5.10 Å². The Balaban J connectivity index is 0. The van der Waals surface area contributed by atoms with Gasteiger partial charge >= 0.3 is 0 Å². The number of hydrogen-bond donors (Lipinski definition) is 0. The van der Waals surface area contributed by atoms with Crippen LogP contribution in [0.4, 0.5) is 0 Å². The van der Waals surface area contributed by atoms with Crippen molar-refractivity contribution in [2.24, 2.45) is 11.0 Å². The molecule has 2 atom stereocenters. The van der Waals surface area contributed by atoms with Crippen LogP contribution < -0.4 is 0 Å². The molecule has 0 aromatic rings. The molecule has 0 saturated carbocycles. The lowest BCUT2D eigenvalue weighted by Gasteiger charge is -2.24. The predicted molar refractivity (Wildman–Crippen MR) is 75.1 cm³/mol. The van der Waals surface area contributed by atoms with E-state index in [1.165, 1.54) is 0 Å². The van der Waals surface area contributed by atoms with E-state index < -0.39 is 0 Å². The molecule has 2 unspecified atom stereocenters. The normalized spacial score (nSPS) is 22.4. The van der Waals surface area contributed by atoms with Crippen molar-refractivity contribution in [2.75, 3.05) is 27.2 Å². The molecule has 16 heavy (non-hydrogen) atoms.